The molecule has 3 fully saturated rings. The van der Waals surface area contributed by atoms with Crippen LogP contribution in [0.1, 0.15) is 103 Å². The van der Waals surface area contributed by atoms with Crippen molar-refractivity contribution in [2.45, 2.75) is 120 Å². The first-order valence-electron chi connectivity index (χ1n) is 15.8. The number of benzene rings is 1. The van der Waals surface area contributed by atoms with E-state index >= 15 is 0 Å². The van der Waals surface area contributed by atoms with Crippen molar-refractivity contribution in [1.82, 2.24) is 15.0 Å². The molecule has 44 heavy (non-hydrogen) atoms. The Kier molecular flexibility index (Phi) is 8.90. The number of nitrogens with one attached hydrogen (secondary N) is 2. The molecule has 2 saturated carbocycles. The zero-order valence-electron chi connectivity index (χ0n) is 26.6. The minimum atomic E-state index is -4.24. The summed E-state index contributed by atoms with van der Waals surface area (Å²) in [5.74, 6) is 0.895. The van der Waals surface area contributed by atoms with Crippen LogP contribution in [0, 0.1) is 6.92 Å². The largest absolute Gasteiger partial charge is 0.477 e. The molecule has 0 radical (unpaired) electrons. The minimum absolute atomic E-state index is 0.224. The van der Waals surface area contributed by atoms with Crippen LogP contribution < -0.4 is 19.7 Å². The maximum atomic E-state index is 13.4. The van der Waals surface area contributed by atoms with Gasteiger partial charge in [0.1, 0.15) is 17.2 Å². The number of hydrogen-bond donors (Lipinski definition) is 2. The summed E-state index contributed by atoms with van der Waals surface area (Å²) in [7, 11) is -4.24. The van der Waals surface area contributed by atoms with Gasteiger partial charge in [-0.05, 0) is 95.5 Å². The zero-order valence-corrected chi connectivity index (χ0v) is 27.4. The number of piperidine rings is 1. The Bertz CT molecular complexity index is 1480. The van der Waals surface area contributed by atoms with Gasteiger partial charge in [-0.15, -0.1) is 0 Å². The molecule has 1 aliphatic heterocycles. The Hall–Kier alpha value is -3.34. The summed E-state index contributed by atoms with van der Waals surface area (Å²) in [5.41, 5.74) is -0.117. The molecule has 2 amide bonds. The molecule has 3 aliphatic rings. The van der Waals surface area contributed by atoms with E-state index in [1.54, 1.807) is 12.1 Å². The Morgan fingerprint density at radius 1 is 1.00 bits per heavy atom. The van der Waals surface area contributed by atoms with Crippen LogP contribution in [0.4, 0.5) is 10.6 Å². The van der Waals surface area contributed by atoms with Crippen LogP contribution in [0.15, 0.2) is 41.4 Å². The maximum absolute atomic E-state index is 13.4. The predicted molar refractivity (Wildman–Crippen MR) is 168 cm³/mol. The number of hydrogen-bond acceptors (Lipinski definition) is 8. The average Bonchev–Trinajstić information content (AvgIpc) is 3.73. The van der Waals surface area contributed by atoms with Crippen molar-refractivity contribution in [2.75, 3.05) is 18.0 Å². The van der Waals surface area contributed by atoms with Gasteiger partial charge in [0.25, 0.3) is 15.9 Å². The molecule has 1 aromatic carbocycles. The second-order valence-electron chi connectivity index (χ2n) is 13.9. The number of carbonyl (C=O) groups excluding carboxylic acids is 2. The highest BCUT2D eigenvalue weighted by atomic mass is 32.2. The molecule has 240 valence electrons. The minimum Gasteiger partial charge on any atom is -0.477 e. The summed E-state index contributed by atoms with van der Waals surface area (Å²) in [6, 6.07) is 10.9. The summed E-state index contributed by atoms with van der Waals surface area (Å²) in [4.78, 5) is 32.2. The van der Waals surface area contributed by atoms with Gasteiger partial charge in [-0.2, -0.15) is 8.42 Å². The molecule has 2 aliphatic carbocycles. The quantitative estimate of drug-likeness (QED) is 0.380. The van der Waals surface area contributed by atoms with Crippen molar-refractivity contribution in [3.63, 3.8) is 0 Å². The standard InChI is InChI=1S/C33H46N4O6S/c1-23-14-15-25(24-10-7-6-8-11-24)26(22-23)42-33(16-17-33)29(38)36-44(40,41)28-13-9-12-27(34-28)37-20-18-32(5,19-21-37)35-30(39)43-31(2,3)4/h9,12-15,22,24H,6-8,10-11,16-21H2,1-5H3,(H,35,39)(H,36,38). The van der Waals surface area contributed by atoms with Gasteiger partial charge >= 0.3 is 6.09 Å². The zero-order chi connectivity index (χ0) is 31.8. The maximum Gasteiger partial charge on any atom is 0.408 e. The number of carbonyl (C=O) groups is 2. The Balaban J connectivity index is 1.24. The molecule has 0 atom stereocenters. The lowest BCUT2D eigenvalue weighted by molar-refractivity contribution is -0.128. The van der Waals surface area contributed by atoms with Crippen LogP contribution in [0.25, 0.3) is 0 Å². The van der Waals surface area contributed by atoms with E-state index in [9.17, 15) is 18.0 Å². The molecule has 0 spiro atoms. The van der Waals surface area contributed by atoms with Gasteiger partial charge in [0, 0.05) is 31.5 Å². The van der Waals surface area contributed by atoms with Crippen LogP contribution >= 0.6 is 0 Å². The second-order valence-corrected chi connectivity index (χ2v) is 15.5. The van der Waals surface area contributed by atoms with E-state index < -0.39 is 38.8 Å². The number of sulfonamides is 1. The molecule has 1 aromatic heterocycles. The van der Waals surface area contributed by atoms with Crippen LogP contribution in [0.3, 0.4) is 0 Å². The van der Waals surface area contributed by atoms with Crippen molar-refractivity contribution in [3.05, 3.63) is 47.5 Å². The lowest BCUT2D eigenvalue weighted by Crippen LogP contribution is -2.54. The predicted octanol–water partition coefficient (Wildman–Crippen LogP) is 5.74. The molecule has 0 bridgehead atoms. The summed E-state index contributed by atoms with van der Waals surface area (Å²) < 4.78 is 40.8. The van der Waals surface area contributed by atoms with E-state index in [-0.39, 0.29) is 5.03 Å². The van der Waals surface area contributed by atoms with Gasteiger partial charge in [0.05, 0.1) is 0 Å². The number of pyridine rings is 1. The first-order valence-corrected chi connectivity index (χ1v) is 17.3. The van der Waals surface area contributed by atoms with Gasteiger partial charge in [-0.25, -0.2) is 14.5 Å². The van der Waals surface area contributed by atoms with Crippen molar-refractivity contribution < 1.29 is 27.5 Å². The lowest BCUT2D eigenvalue weighted by Gasteiger charge is -2.40. The molecule has 10 nitrogen and oxygen atoms in total. The van der Waals surface area contributed by atoms with Crippen LogP contribution in [0.2, 0.25) is 0 Å². The SMILES string of the molecule is Cc1ccc(C2CCCCC2)c(OC2(C(=O)NS(=O)(=O)c3cccc(N4CCC(C)(NC(=O)OC(C)(C)C)CC4)n3)CC2)c1. The summed E-state index contributed by atoms with van der Waals surface area (Å²) in [5, 5.41) is 2.76. The molecular formula is C33H46N4O6S. The van der Waals surface area contributed by atoms with E-state index in [4.69, 9.17) is 9.47 Å². The molecule has 0 unspecified atom stereocenters. The summed E-state index contributed by atoms with van der Waals surface area (Å²) >= 11 is 0. The molecule has 5 rings (SSSR count). The lowest BCUT2D eigenvalue weighted by atomic mass is 9.83. The molecule has 2 heterocycles. The normalized spacial score (nSPS) is 20.0. The smallest absolute Gasteiger partial charge is 0.408 e. The fourth-order valence-corrected chi connectivity index (χ4v) is 7.09. The number of aryl methyl sites for hydroxylation is 1. The van der Waals surface area contributed by atoms with Crippen LogP contribution in [-0.4, -0.2) is 55.2 Å². The second kappa shape index (κ2) is 12.2. The third-order valence-corrected chi connectivity index (χ3v) is 10.1. The van der Waals surface area contributed by atoms with E-state index in [1.807, 2.05) is 45.6 Å². The summed E-state index contributed by atoms with van der Waals surface area (Å²) in [6.07, 6.45) is 7.46. The van der Waals surface area contributed by atoms with E-state index in [0.717, 1.165) is 24.0 Å². The number of rotatable bonds is 8. The number of amides is 2. The average molecular weight is 627 g/mol. The molecule has 1 saturated heterocycles. The van der Waals surface area contributed by atoms with Crippen LogP contribution in [0.5, 0.6) is 5.75 Å². The van der Waals surface area contributed by atoms with Gasteiger partial charge in [-0.3, -0.25) is 4.79 Å². The first-order chi connectivity index (χ1) is 20.7. The fraction of sp³-hybridized carbons (Fsp3) is 0.606. The number of alkyl carbamates (subject to hydrolysis) is 1. The highest BCUT2D eigenvalue weighted by molar-refractivity contribution is 7.90. The van der Waals surface area contributed by atoms with E-state index in [2.05, 4.69) is 27.2 Å². The van der Waals surface area contributed by atoms with Crippen molar-refractivity contribution in [3.8, 4) is 5.75 Å². The van der Waals surface area contributed by atoms with Gasteiger partial charge < -0.3 is 19.7 Å². The number of aromatic nitrogens is 1. The molecule has 11 heteroatoms. The number of anilines is 1. The van der Waals surface area contributed by atoms with Gasteiger partial charge in [0.2, 0.25) is 0 Å². The van der Waals surface area contributed by atoms with Crippen molar-refractivity contribution in [2.24, 2.45) is 0 Å². The summed E-state index contributed by atoms with van der Waals surface area (Å²) in [6.45, 7) is 10.5. The molecule has 2 N–H and O–H groups in total. The Morgan fingerprint density at radius 3 is 2.32 bits per heavy atom. The van der Waals surface area contributed by atoms with Crippen molar-refractivity contribution >= 4 is 27.8 Å². The number of nitrogens with zero attached hydrogens (tertiary/aromatic N) is 2. The van der Waals surface area contributed by atoms with E-state index in [1.165, 1.54) is 25.3 Å². The van der Waals surface area contributed by atoms with E-state index in [0.29, 0.717) is 56.3 Å². The number of ether oxygens (including phenoxy) is 2. The third kappa shape index (κ3) is 7.65. The molecular weight excluding hydrogens is 580 g/mol. The monoisotopic (exact) mass is 626 g/mol. The first kappa shape index (κ1) is 32.1. The highest BCUT2D eigenvalue weighted by Crippen LogP contribution is 2.45. The van der Waals surface area contributed by atoms with Crippen molar-refractivity contribution in [1.29, 1.82) is 0 Å². The topological polar surface area (TPSA) is 127 Å². The highest BCUT2D eigenvalue weighted by Gasteiger charge is 2.54. The van der Waals surface area contributed by atoms with Crippen LogP contribution in [-0.2, 0) is 19.6 Å². The third-order valence-electron chi connectivity index (χ3n) is 8.84. The Labute approximate surface area is 261 Å². The Morgan fingerprint density at radius 2 is 1.68 bits per heavy atom. The fourth-order valence-electron chi connectivity index (χ4n) is 6.08. The van der Waals surface area contributed by atoms with Gasteiger partial charge in [0.15, 0.2) is 10.6 Å². The molecule has 2 aromatic rings. The van der Waals surface area contributed by atoms with Gasteiger partial charge in [-0.1, -0.05) is 37.5 Å².